The second kappa shape index (κ2) is 9.23. The summed E-state index contributed by atoms with van der Waals surface area (Å²) in [5.74, 6) is -0.800. The number of carbonyl (C=O) groups is 2. The zero-order valence-corrected chi connectivity index (χ0v) is 20.4. The number of hydrogen-bond donors (Lipinski definition) is 2. The first kappa shape index (κ1) is 24.0. The summed E-state index contributed by atoms with van der Waals surface area (Å²) >= 11 is 0. The second-order valence-electron chi connectivity index (χ2n) is 8.33. The topological polar surface area (TPSA) is 111 Å². The lowest BCUT2D eigenvalue weighted by Gasteiger charge is -2.16. The van der Waals surface area contributed by atoms with E-state index in [4.69, 9.17) is 5.73 Å². The first-order chi connectivity index (χ1) is 16.6. The fourth-order valence-corrected chi connectivity index (χ4v) is 4.73. The molecule has 0 saturated heterocycles. The van der Waals surface area contributed by atoms with Gasteiger partial charge in [0.05, 0.1) is 16.1 Å². The van der Waals surface area contributed by atoms with Gasteiger partial charge in [0.2, 0.25) is 5.91 Å². The Kier molecular flexibility index (Phi) is 6.32. The molecule has 0 aliphatic heterocycles. The SMILES string of the molecule is Cc1cc(C(=O)Nc2ccc(S(C)(=O)=O)cc2)c(C)n1-c1ccccc1-c1cccc(C(N)=O)c1. The van der Waals surface area contributed by atoms with E-state index in [2.05, 4.69) is 5.32 Å². The molecule has 0 radical (unpaired) electrons. The van der Waals surface area contributed by atoms with E-state index in [0.717, 1.165) is 34.5 Å². The highest BCUT2D eigenvalue weighted by atomic mass is 32.2. The summed E-state index contributed by atoms with van der Waals surface area (Å²) in [6.45, 7) is 3.78. The summed E-state index contributed by atoms with van der Waals surface area (Å²) in [4.78, 5) is 25.0. The molecule has 8 heteroatoms. The van der Waals surface area contributed by atoms with Crippen molar-refractivity contribution in [3.8, 4) is 16.8 Å². The van der Waals surface area contributed by atoms with Gasteiger partial charge in [0, 0.05) is 34.5 Å². The quantitative estimate of drug-likeness (QED) is 0.417. The summed E-state index contributed by atoms with van der Waals surface area (Å²) in [6, 6.07) is 22.7. The van der Waals surface area contributed by atoms with E-state index in [1.54, 1.807) is 30.3 Å². The van der Waals surface area contributed by atoms with Crippen LogP contribution in [0.2, 0.25) is 0 Å². The third-order valence-electron chi connectivity index (χ3n) is 5.82. The summed E-state index contributed by atoms with van der Waals surface area (Å²) in [7, 11) is -3.32. The minimum atomic E-state index is -3.32. The number of rotatable bonds is 6. The van der Waals surface area contributed by atoms with Gasteiger partial charge in [-0.2, -0.15) is 0 Å². The molecular weight excluding hydrogens is 462 g/mol. The minimum absolute atomic E-state index is 0.186. The van der Waals surface area contributed by atoms with E-state index in [-0.39, 0.29) is 10.8 Å². The van der Waals surface area contributed by atoms with E-state index in [0.29, 0.717) is 16.8 Å². The van der Waals surface area contributed by atoms with E-state index < -0.39 is 15.7 Å². The molecular formula is C27H25N3O4S. The van der Waals surface area contributed by atoms with Crippen LogP contribution in [0.4, 0.5) is 5.69 Å². The summed E-state index contributed by atoms with van der Waals surface area (Å²) in [6.07, 6.45) is 1.14. The fraction of sp³-hybridized carbons (Fsp3) is 0.111. The summed E-state index contributed by atoms with van der Waals surface area (Å²) < 4.78 is 25.3. The highest BCUT2D eigenvalue weighted by Crippen LogP contribution is 2.31. The first-order valence-electron chi connectivity index (χ1n) is 10.9. The smallest absolute Gasteiger partial charge is 0.257 e. The number of nitrogens with one attached hydrogen (secondary N) is 1. The van der Waals surface area contributed by atoms with Gasteiger partial charge in [-0.25, -0.2) is 8.42 Å². The monoisotopic (exact) mass is 487 g/mol. The predicted molar refractivity (Wildman–Crippen MR) is 137 cm³/mol. The number of sulfone groups is 1. The second-order valence-corrected chi connectivity index (χ2v) is 10.3. The van der Waals surface area contributed by atoms with Crippen LogP contribution in [0.1, 0.15) is 32.1 Å². The number of primary amides is 1. The molecule has 4 aromatic rings. The molecule has 7 nitrogen and oxygen atoms in total. The van der Waals surface area contributed by atoms with E-state index >= 15 is 0 Å². The third-order valence-corrected chi connectivity index (χ3v) is 6.95. The number of carbonyl (C=O) groups excluding carboxylic acids is 2. The molecule has 0 aliphatic carbocycles. The molecule has 0 fully saturated rings. The van der Waals surface area contributed by atoms with Crippen molar-refractivity contribution in [2.24, 2.45) is 5.73 Å². The van der Waals surface area contributed by atoms with Crippen molar-refractivity contribution in [1.82, 2.24) is 4.57 Å². The lowest BCUT2D eigenvalue weighted by molar-refractivity contribution is 0.0997. The number of nitrogens with two attached hydrogens (primary N) is 1. The largest absolute Gasteiger partial charge is 0.366 e. The number of anilines is 1. The molecule has 0 spiro atoms. The number of aryl methyl sites for hydroxylation is 1. The van der Waals surface area contributed by atoms with Crippen molar-refractivity contribution < 1.29 is 18.0 Å². The van der Waals surface area contributed by atoms with Gasteiger partial charge in [-0.05, 0) is 67.9 Å². The van der Waals surface area contributed by atoms with E-state index in [1.807, 2.05) is 54.8 Å². The molecule has 0 atom stereocenters. The van der Waals surface area contributed by atoms with Crippen LogP contribution in [0.15, 0.2) is 83.8 Å². The van der Waals surface area contributed by atoms with Crippen LogP contribution in [0.3, 0.4) is 0 Å². The number of amides is 2. The standard InChI is InChI=1S/C27H25N3O4S/c1-17-15-24(27(32)29-21-11-13-22(14-12-21)35(3,33)34)18(2)30(17)25-10-5-4-9-23(25)19-7-6-8-20(16-19)26(28)31/h4-16H,1-3H3,(H2,28,31)(H,29,32). The van der Waals surface area contributed by atoms with Crippen LogP contribution >= 0.6 is 0 Å². The maximum absolute atomic E-state index is 13.1. The lowest BCUT2D eigenvalue weighted by atomic mass is 10.0. The number of benzene rings is 3. The first-order valence-corrected chi connectivity index (χ1v) is 12.8. The van der Waals surface area contributed by atoms with Crippen LogP contribution in [0.25, 0.3) is 16.8 Å². The maximum atomic E-state index is 13.1. The average Bonchev–Trinajstić information content (AvgIpc) is 3.12. The normalized spacial score (nSPS) is 11.3. The summed E-state index contributed by atoms with van der Waals surface area (Å²) in [5, 5.41) is 2.84. The molecule has 3 N–H and O–H groups in total. The average molecular weight is 488 g/mol. The van der Waals surface area contributed by atoms with E-state index in [1.165, 1.54) is 12.1 Å². The van der Waals surface area contributed by atoms with Crippen LogP contribution in [0, 0.1) is 13.8 Å². The molecule has 3 aromatic carbocycles. The number of nitrogens with zero attached hydrogens (tertiary/aromatic N) is 1. The van der Waals surface area contributed by atoms with Crippen LogP contribution < -0.4 is 11.1 Å². The molecule has 35 heavy (non-hydrogen) atoms. The fourth-order valence-electron chi connectivity index (χ4n) is 4.10. The molecule has 0 unspecified atom stereocenters. The zero-order chi connectivity index (χ0) is 25.3. The van der Waals surface area contributed by atoms with E-state index in [9.17, 15) is 18.0 Å². The van der Waals surface area contributed by atoms with Gasteiger partial charge in [-0.1, -0.05) is 30.3 Å². The molecule has 0 saturated carbocycles. The zero-order valence-electron chi connectivity index (χ0n) is 19.6. The Morgan fingerprint density at radius 1 is 0.886 bits per heavy atom. The highest BCUT2D eigenvalue weighted by molar-refractivity contribution is 7.90. The highest BCUT2D eigenvalue weighted by Gasteiger charge is 2.19. The molecule has 4 rings (SSSR count). The van der Waals surface area contributed by atoms with Crippen LogP contribution in [0.5, 0.6) is 0 Å². The molecule has 1 aromatic heterocycles. The Balaban J connectivity index is 1.70. The van der Waals surface area contributed by atoms with Crippen molar-refractivity contribution in [2.45, 2.75) is 18.7 Å². The molecule has 0 bridgehead atoms. The summed E-state index contributed by atoms with van der Waals surface area (Å²) in [5.41, 5.74) is 11.1. The van der Waals surface area contributed by atoms with Gasteiger partial charge in [0.1, 0.15) is 0 Å². The van der Waals surface area contributed by atoms with Crippen LogP contribution in [-0.4, -0.2) is 31.1 Å². The van der Waals surface area contributed by atoms with Gasteiger partial charge in [-0.15, -0.1) is 0 Å². The van der Waals surface area contributed by atoms with Crippen LogP contribution in [-0.2, 0) is 9.84 Å². The van der Waals surface area contributed by atoms with Crippen molar-refractivity contribution in [2.75, 3.05) is 11.6 Å². The third kappa shape index (κ3) is 4.88. The van der Waals surface area contributed by atoms with Gasteiger partial charge in [-0.3, -0.25) is 9.59 Å². The Morgan fingerprint density at radius 3 is 2.23 bits per heavy atom. The molecule has 0 aliphatic rings. The van der Waals surface area contributed by atoms with Crippen molar-refractivity contribution in [3.63, 3.8) is 0 Å². The Morgan fingerprint density at radius 2 is 1.57 bits per heavy atom. The predicted octanol–water partition coefficient (Wildman–Crippen LogP) is 4.52. The lowest BCUT2D eigenvalue weighted by Crippen LogP contribution is -2.13. The maximum Gasteiger partial charge on any atom is 0.257 e. The Labute approximate surface area is 204 Å². The number of para-hydroxylation sites is 1. The molecule has 178 valence electrons. The Hall–Kier alpha value is -4.17. The number of aromatic nitrogens is 1. The van der Waals surface area contributed by atoms with Gasteiger partial charge in [0.25, 0.3) is 5.91 Å². The number of hydrogen-bond acceptors (Lipinski definition) is 4. The molecule has 2 amide bonds. The van der Waals surface area contributed by atoms with Gasteiger partial charge >= 0.3 is 0 Å². The van der Waals surface area contributed by atoms with Crippen molar-refractivity contribution in [3.05, 3.63) is 101 Å². The van der Waals surface area contributed by atoms with Gasteiger partial charge in [0.15, 0.2) is 9.84 Å². The van der Waals surface area contributed by atoms with Crippen molar-refractivity contribution in [1.29, 1.82) is 0 Å². The van der Waals surface area contributed by atoms with Gasteiger partial charge < -0.3 is 15.6 Å². The van der Waals surface area contributed by atoms with Crippen molar-refractivity contribution >= 4 is 27.3 Å². The minimum Gasteiger partial charge on any atom is -0.366 e. The molecule has 1 heterocycles. The Bertz CT molecular complexity index is 1550.